The van der Waals surface area contributed by atoms with E-state index in [1.54, 1.807) is 29.5 Å². The topological polar surface area (TPSA) is 89.9 Å². The summed E-state index contributed by atoms with van der Waals surface area (Å²) in [6.07, 6.45) is 3.09. The van der Waals surface area contributed by atoms with Crippen LogP contribution in [0.5, 0.6) is 5.75 Å². The van der Waals surface area contributed by atoms with Crippen molar-refractivity contribution in [3.63, 3.8) is 0 Å². The van der Waals surface area contributed by atoms with Crippen LogP contribution in [-0.2, 0) is 15.0 Å². The summed E-state index contributed by atoms with van der Waals surface area (Å²) in [5, 5.41) is 11.0. The molecule has 3 heterocycles. The van der Waals surface area contributed by atoms with Crippen LogP contribution in [0.3, 0.4) is 0 Å². The first-order chi connectivity index (χ1) is 13.4. The maximum Gasteiger partial charge on any atom is 0.306 e. The van der Waals surface area contributed by atoms with Crippen LogP contribution < -0.4 is 9.50 Å². The lowest BCUT2D eigenvalue weighted by Gasteiger charge is -2.20. The number of hydrogen-bond donors (Lipinski definition) is 1. The van der Waals surface area contributed by atoms with E-state index >= 15 is 0 Å². The zero-order valence-corrected chi connectivity index (χ0v) is 17.6. The Kier molecular flexibility index (Phi) is 5.59. The number of hydrogen-bond acceptors (Lipinski definition) is 8. The average Bonchev–Trinajstić information content (AvgIpc) is 3.31. The Morgan fingerprint density at radius 1 is 1.32 bits per heavy atom. The van der Waals surface area contributed by atoms with Crippen LogP contribution in [0, 0.1) is 0 Å². The van der Waals surface area contributed by atoms with E-state index in [2.05, 4.69) is 10.5 Å². The van der Waals surface area contributed by atoms with Crippen molar-refractivity contribution in [1.29, 1.82) is 0 Å². The van der Waals surface area contributed by atoms with Gasteiger partial charge in [-0.1, -0.05) is 22.8 Å². The number of piperidine rings is 1. The van der Waals surface area contributed by atoms with E-state index in [0.29, 0.717) is 22.9 Å². The van der Waals surface area contributed by atoms with Crippen molar-refractivity contribution >= 4 is 38.8 Å². The van der Waals surface area contributed by atoms with Gasteiger partial charge in [0.1, 0.15) is 5.71 Å². The summed E-state index contributed by atoms with van der Waals surface area (Å²) in [7, 11) is -3.69. The summed E-state index contributed by atoms with van der Waals surface area (Å²) in [6.45, 7) is 2.03. The molecular weight excluding hydrogens is 422 g/mol. The molecule has 0 saturated carbocycles. The Bertz CT molecular complexity index is 1000. The molecule has 10 heteroatoms. The number of aromatic nitrogens is 1. The van der Waals surface area contributed by atoms with Crippen LogP contribution in [0.4, 0.5) is 0 Å². The van der Waals surface area contributed by atoms with Crippen molar-refractivity contribution in [3.05, 3.63) is 44.9 Å². The van der Waals surface area contributed by atoms with E-state index in [9.17, 15) is 8.42 Å². The van der Waals surface area contributed by atoms with Crippen molar-refractivity contribution in [2.24, 2.45) is 5.16 Å². The van der Waals surface area contributed by atoms with E-state index in [-0.39, 0.29) is 5.75 Å². The lowest BCUT2D eigenvalue weighted by molar-refractivity contribution is 0.0846. The number of benzene rings is 1. The van der Waals surface area contributed by atoms with Gasteiger partial charge in [-0.15, -0.1) is 11.3 Å². The van der Waals surface area contributed by atoms with Crippen LogP contribution >= 0.6 is 22.9 Å². The summed E-state index contributed by atoms with van der Waals surface area (Å²) in [5.74, 6) is 0.641. The summed E-state index contributed by atoms with van der Waals surface area (Å²) in [4.78, 5) is 10.3. The van der Waals surface area contributed by atoms with Crippen molar-refractivity contribution in [2.45, 2.75) is 31.3 Å². The zero-order chi connectivity index (χ0) is 19.7. The minimum absolute atomic E-state index is 0.158. The molecule has 1 aromatic heterocycles. The molecule has 1 atom stereocenters. The first kappa shape index (κ1) is 19.6. The van der Waals surface area contributed by atoms with Gasteiger partial charge >= 0.3 is 10.1 Å². The highest BCUT2D eigenvalue weighted by atomic mass is 35.5. The molecule has 7 nitrogen and oxygen atoms in total. The molecule has 0 amide bonds. The van der Waals surface area contributed by atoms with Crippen LogP contribution in [0.15, 0.2) is 28.7 Å². The number of nitrogens with one attached hydrogen (secondary N) is 1. The van der Waals surface area contributed by atoms with Gasteiger partial charge < -0.3 is 14.3 Å². The maximum absolute atomic E-state index is 11.6. The van der Waals surface area contributed by atoms with Crippen molar-refractivity contribution in [2.75, 3.05) is 19.3 Å². The third-order valence-electron chi connectivity index (χ3n) is 4.75. The van der Waals surface area contributed by atoms with E-state index < -0.39 is 16.2 Å². The van der Waals surface area contributed by atoms with E-state index in [4.69, 9.17) is 25.6 Å². The fourth-order valence-electron chi connectivity index (χ4n) is 3.43. The Morgan fingerprint density at radius 3 is 2.86 bits per heavy atom. The van der Waals surface area contributed by atoms with Crippen LogP contribution in [0.1, 0.15) is 47.5 Å². The molecule has 2 aliphatic rings. The van der Waals surface area contributed by atoms with Gasteiger partial charge in [-0.25, -0.2) is 4.98 Å². The van der Waals surface area contributed by atoms with Crippen molar-refractivity contribution < 1.29 is 17.4 Å². The first-order valence-corrected chi connectivity index (χ1v) is 12.0. The fraction of sp³-hybridized carbons (Fsp3) is 0.444. The van der Waals surface area contributed by atoms with Crippen molar-refractivity contribution in [1.82, 2.24) is 10.3 Å². The molecule has 2 aliphatic heterocycles. The highest BCUT2D eigenvalue weighted by Gasteiger charge is 2.31. The second kappa shape index (κ2) is 7.98. The molecule has 0 bridgehead atoms. The van der Waals surface area contributed by atoms with Gasteiger partial charge in [0.25, 0.3) is 0 Å². The standard InChI is InChI=1S/C18H20ClN3O4S2/c1-28(23,24)26-15-4-2-3-12(19)17(15)16-9-13(22-25-16)14-10-27-18(21-14)11-5-7-20-8-6-11/h2-4,10-11,16,20H,5-9H2,1H3. The number of nitrogens with zero attached hydrogens (tertiary/aromatic N) is 2. The first-order valence-electron chi connectivity index (χ1n) is 8.98. The molecule has 150 valence electrons. The lowest BCUT2D eigenvalue weighted by Crippen LogP contribution is -2.26. The van der Waals surface area contributed by atoms with Gasteiger partial charge in [0.05, 0.1) is 27.5 Å². The third kappa shape index (κ3) is 4.32. The van der Waals surface area contributed by atoms with Gasteiger partial charge in [0, 0.05) is 17.7 Å². The van der Waals surface area contributed by atoms with Gasteiger partial charge in [-0.2, -0.15) is 8.42 Å². The normalized spacial score (nSPS) is 20.6. The number of halogens is 1. The van der Waals surface area contributed by atoms with Gasteiger partial charge in [0.2, 0.25) is 0 Å². The maximum atomic E-state index is 11.6. The molecule has 0 aliphatic carbocycles. The molecule has 1 saturated heterocycles. The zero-order valence-electron chi connectivity index (χ0n) is 15.2. The number of thiazole rings is 1. The van der Waals surface area contributed by atoms with Crippen LogP contribution in [0.25, 0.3) is 0 Å². The molecule has 2 aromatic rings. The molecule has 1 fully saturated rings. The monoisotopic (exact) mass is 441 g/mol. The summed E-state index contributed by atoms with van der Waals surface area (Å²) in [6, 6.07) is 4.86. The molecule has 1 unspecified atom stereocenters. The Morgan fingerprint density at radius 2 is 2.11 bits per heavy atom. The Labute approximate surface area is 172 Å². The van der Waals surface area contributed by atoms with Crippen molar-refractivity contribution in [3.8, 4) is 5.75 Å². The minimum Gasteiger partial charge on any atom is -0.387 e. The smallest absolute Gasteiger partial charge is 0.306 e. The van der Waals surface area contributed by atoms with E-state index in [1.807, 2.05) is 5.38 Å². The van der Waals surface area contributed by atoms with Gasteiger partial charge in [-0.3, -0.25) is 0 Å². The molecule has 28 heavy (non-hydrogen) atoms. The SMILES string of the molecule is CS(=O)(=O)Oc1cccc(Cl)c1C1CC(c2csc(C3CCNCC3)n2)=NO1. The number of rotatable bonds is 5. The molecule has 0 radical (unpaired) electrons. The highest BCUT2D eigenvalue weighted by Crippen LogP contribution is 2.40. The lowest BCUT2D eigenvalue weighted by atomic mass is 9.99. The molecule has 1 aromatic carbocycles. The Hall–Kier alpha value is -1.68. The summed E-state index contributed by atoms with van der Waals surface area (Å²) >= 11 is 7.96. The predicted octanol–water partition coefficient (Wildman–Crippen LogP) is 3.47. The molecule has 0 spiro atoms. The summed E-state index contributed by atoms with van der Waals surface area (Å²) in [5.41, 5.74) is 2.01. The fourth-order valence-corrected chi connectivity index (χ4v) is 5.18. The summed E-state index contributed by atoms with van der Waals surface area (Å²) < 4.78 is 28.2. The third-order valence-corrected chi connectivity index (χ3v) is 6.57. The molecule has 1 N–H and O–H groups in total. The average molecular weight is 442 g/mol. The van der Waals surface area contributed by atoms with Gasteiger partial charge in [0.15, 0.2) is 11.9 Å². The van der Waals surface area contributed by atoms with E-state index in [0.717, 1.165) is 48.6 Å². The number of oxime groups is 1. The molecular formula is C18H20ClN3O4S2. The van der Waals surface area contributed by atoms with Crippen LogP contribution in [-0.4, -0.2) is 38.5 Å². The molecule has 4 rings (SSSR count). The van der Waals surface area contributed by atoms with Gasteiger partial charge in [-0.05, 0) is 38.1 Å². The van der Waals surface area contributed by atoms with Crippen LogP contribution in [0.2, 0.25) is 5.02 Å². The van der Waals surface area contributed by atoms with E-state index in [1.165, 1.54) is 0 Å². The quantitative estimate of drug-likeness (QED) is 0.714. The highest BCUT2D eigenvalue weighted by molar-refractivity contribution is 7.86. The minimum atomic E-state index is -3.69. The predicted molar refractivity (Wildman–Crippen MR) is 109 cm³/mol. The second-order valence-corrected chi connectivity index (χ2v) is 9.74. The second-order valence-electron chi connectivity index (χ2n) is 6.87. The largest absolute Gasteiger partial charge is 0.387 e. The Balaban J connectivity index is 1.52.